The van der Waals surface area contributed by atoms with Gasteiger partial charge in [-0.15, -0.1) is 0 Å². The molecule has 2 aromatic carbocycles. The van der Waals surface area contributed by atoms with Gasteiger partial charge in [-0.3, -0.25) is 38.7 Å². The third kappa shape index (κ3) is 16.9. The van der Waals surface area contributed by atoms with Gasteiger partial charge in [-0.05, 0) is 317 Å². The van der Waals surface area contributed by atoms with Crippen LogP contribution >= 0.6 is 0 Å². The van der Waals surface area contributed by atoms with E-state index in [0.717, 1.165) is 189 Å². The SMILES string of the molecule is CC(=O)CCCN1C[C@@H](C)C[C@H]2O[C@]3(CC[C@@H]4C(=C(C)C3)C[C@H]3[C@H]4CC[C@@H]4CC(=O)CC[C@@]43C)[C@H](C)[C@@H]21.CC1=C2C[C@H]3[C@@H](CC[C@@H]4CC(=O)CC[C@@]43C)[C@@H]2CC[C@@]2(C1)O[C@@H]1C[C@H](C)CN(CCNC(=O)CCc3ccccc3)[C@H]1[C@H]2C.CC1=C2C[C@H]3[C@@H](CC[C@@H]4CC(=O)CC[C@@]43C)[C@@H]2CC[C@@]2(C1)O[C@@H]1C[C@H](C)CN(CCNC(=O)Cc3ccccc3)[C@H]1[C@H]2C. The van der Waals surface area contributed by atoms with Crippen molar-refractivity contribution in [3.05, 3.63) is 105 Å². The quantitative estimate of drug-likeness (QED) is 0.163. The van der Waals surface area contributed by atoms with Gasteiger partial charge in [0.15, 0.2) is 0 Å². The Balaban J connectivity index is 0.000000127. The van der Waals surface area contributed by atoms with Crippen LogP contribution < -0.4 is 10.6 Å². The van der Waals surface area contributed by atoms with E-state index in [1.807, 2.05) is 48.5 Å². The molecule has 9 saturated carbocycles. The molecule has 6 aliphatic heterocycles. The van der Waals surface area contributed by atoms with Crippen LogP contribution in [0.4, 0.5) is 0 Å². The normalized spacial score (nSPS) is 44.0. The van der Waals surface area contributed by atoms with Crippen molar-refractivity contribution >= 4 is 34.9 Å². The number of carbonyl (C=O) groups excluding carboxylic acids is 6. The average Bonchev–Trinajstić information content (AvgIpc) is 1.58. The zero-order valence-electron chi connectivity index (χ0n) is 79.1. The van der Waals surface area contributed by atoms with Crippen molar-refractivity contribution in [3.8, 4) is 0 Å². The molecule has 0 aromatic heterocycles. The van der Waals surface area contributed by atoms with Crippen molar-refractivity contribution in [3.63, 3.8) is 0 Å². The molecule has 15 fully saturated rings. The van der Waals surface area contributed by atoms with Gasteiger partial charge in [-0.1, -0.05) is 156 Å². The van der Waals surface area contributed by atoms with Crippen molar-refractivity contribution in [2.24, 2.45) is 123 Å². The Bertz CT molecular complexity index is 4360. The van der Waals surface area contributed by atoms with Gasteiger partial charge in [0.25, 0.3) is 0 Å². The van der Waals surface area contributed by atoms with Crippen LogP contribution in [0.25, 0.3) is 0 Å². The lowest BCUT2D eigenvalue weighted by atomic mass is 9.52. The fourth-order valence-electron chi connectivity index (χ4n) is 33.8. The van der Waals surface area contributed by atoms with Crippen LogP contribution in [0.1, 0.15) is 313 Å². The first-order valence-corrected chi connectivity index (χ1v) is 51.4. The lowest BCUT2D eigenvalue weighted by molar-refractivity contribution is -0.130. The Kier molecular flexibility index (Phi) is 26.0. The summed E-state index contributed by atoms with van der Waals surface area (Å²) < 4.78 is 21.8. The number of carbonyl (C=O) groups is 6. The summed E-state index contributed by atoms with van der Waals surface area (Å²) in [6.45, 7) is 38.9. The number of allylic oxidation sites excluding steroid dienone is 3. The summed E-state index contributed by atoms with van der Waals surface area (Å²) in [4.78, 5) is 81.9. The molecular weight excluding hydrogens is 1540 g/mol. The molecule has 680 valence electrons. The first kappa shape index (κ1) is 89.6. The summed E-state index contributed by atoms with van der Waals surface area (Å²) in [5.74, 6) is 14.2. The van der Waals surface area contributed by atoms with Crippen molar-refractivity contribution in [1.29, 1.82) is 0 Å². The predicted molar refractivity (Wildman–Crippen MR) is 493 cm³/mol. The zero-order valence-corrected chi connectivity index (χ0v) is 79.1. The molecule has 2 aromatic rings. The number of ether oxygens (including phenoxy) is 3. The highest BCUT2D eigenvalue weighted by Crippen LogP contribution is 2.70. The molecule has 14 nitrogen and oxygen atoms in total. The number of piperidine rings is 3. The monoisotopic (exact) mass is 1700 g/mol. The number of hydrogen-bond acceptors (Lipinski definition) is 12. The van der Waals surface area contributed by atoms with E-state index in [1.54, 1.807) is 40.4 Å². The maximum Gasteiger partial charge on any atom is 0.224 e. The Hall–Kier alpha value is -4.96. The first-order chi connectivity index (χ1) is 59.4. The molecule has 18 aliphatic rings. The summed E-state index contributed by atoms with van der Waals surface area (Å²) >= 11 is 0. The predicted octanol–water partition coefficient (Wildman–Crippen LogP) is 20.7. The highest BCUT2D eigenvalue weighted by atomic mass is 16.5. The summed E-state index contributed by atoms with van der Waals surface area (Å²) in [6.07, 6.45) is 38.4. The number of fused-ring (bicyclic) bond motifs is 18. The van der Waals surface area contributed by atoms with Crippen LogP contribution in [0.15, 0.2) is 94.1 Å². The van der Waals surface area contributed by atoms with Gasteiger partial charge in [0.2, 0.25) is 11.8 Å². The van der Waals surface area contributed by atoms with Gasteiger partial charge in [-0.2, -0.15) is 0 Å². The minimum absolute atomic E-state index is 0.0203. The Morgan fingerprint density at radius 2 is 0.766 bits per heavy atom. The molecule has 0 unspecified atom stereocenters. The number of hydrogen-bond donors (Lipinski definition) is 2. The Labute approximate surface area is 747 Å². The average molecular weight is 1700 g/mol. The number of aryl methyl sites for hydroxylation is 1. The number of likely N-dealkylation sites (tertiary alicyclic amines) is 3. The summed E-state index contributed by atoms with van der Waals surface area (Å²) in [5.41, 5.74) is 13.5. The van der Waals surface area contributed by atoms with Crippen LogP contribution in [-0.2, 0) is 55.8 Å². The van der Waals surface area contributed by atoms with E-state index in [0.29, 0.717) is 167 Å². The van der Waals surface area contributed by atoms with Crippen LogP contribution in [0, 0.1) is 123 Å². The lowest BCUT2D eigenvalue weighted by Crippen LogP contribution is -2.53. The summed E-state index contributed by atoms with van der Waals surface area (Å²) in [6, 6.07) is 21.7. The summed E-state index contributed by atoms with van der Waals surface area (Å²) in [5, 5.41) is 6.44. The second kappa shape index (κ2) is 36.0. The standard InChI is InChI=1S/C39H56N2O3.C38H54N2O3.C33H51NO3/c1-25-20-35-37(41(24-25)19-18-40-36(43)13-10-28-8-6-5-7-9-28)27(3)39(44-35)17-15-31-32-12-11-29-21-30(42)14-16-38(29,4)34(32)22-33(31)26(2)23-39;1-24-18-34-36(40(23-24)17-16-39-35(42)19-27-8-6-5-7-9-27)26(3)38(43-34)15-13-30-31-11-10-28-20-29(41)12-14-37(28,4)33(31)21-32(30)25(2)22-38;1-20-15-30-31(34(19-20)14-6-7-22(3)35)23(4)33(37-30)13-11-26-27-9-8-24-16-25(36)10-12-32(24,5)29(27)17-28(26)21(2)18-33/h5-9,25,27,29,31-32,34-35,37H,10-24H2,1-4H3,(H,40,43);5-9,24,26,28,30-31,33-34,36H,10-23H2,1-4H3,(H,39,42);20,23-24,26-27,29-31H,6-19H2,1-5H3/t25-,27+,29+,31-,32-,34-,35+,37-,38-,39-;24-,26+,28+,30-,31-,33-,34+,36-,37-,38-;20-,23+,24+,26-,27-,29-,30+,31-,32-,33-/m000/s1. The molecule has 6 saturated heterocycles. The second-order valence-corrected chi connectivity index (χ2v) is 47.0. The molecule has 2 N–H and O–H groups in total. The maximum atomic E-state index is 12.7. The van der Waals surface area contributed by atoms with Crippen molar-refractivity contribution in [2.45, 2.75) is 368 Å². The van der Waals surface area contributed by atoms with E-state index in [1.165, 1.54) is 108 Å². The minimum atomic E-state index is -0.0660. The molecule has 3 spiro atoms. The molecule has 0 radical (unpaired) electrons. The van der Waals surface area contributed by atoms with Crippen molar-refractivity contribution in [2.75, 3.05) is 52.4 Å². The molecule has 20 rings (SSSR count). The number of ketones is 4. The highest BCUT2D eigenvalue weighted by molar-refractivity contribution is 5.81. The maximum absolute atomic E-state index is 12.7. The van der Waals surface area contributed by atoms with Gasteiger partial charge in [0.05, 0.1) is 41.5 Å². The number of nitrogens with zero attached hydrogens (tertiary/aromatic N) is 3. The zero-order chi connectivity index (χ0) is 86.7. The van der Waals surface area contributed by atoms with Gasteiger partial charge in [0, 0.05) is 133 Å². The molecule has 12 aliphatic carbocycles. The molecule has 6 heterocycles. The molecule has 14 heteroatoms. The van der Waals surface area contributed by atoms with Crippen molar-refractivity contribution < 1.29 is 43.0 Å². The van der Waals surface area contributed by atoms with E-state index in [2.05, 4.69) is 121 Å². The second-order valence-electron chi connectivity index (χ2n) is 47.0. The number of rotatable bonds is 15. The third-order valence-corrected chi connectivity index (χ3v) is 40.1. The van der Waals surface area contributed by atoms with E-state index in [9.17, 15) is 28.8 Å². The number of nitrogens with one attached hydrogen (secondary N) is 2. The van der Waals surface area contributed by atoms with E-state index in [4.69, 9.17) is 14.2 Å². The van der Waals surface area contributed by atoms with E-state index < -0.39 is 0 Å². The highest BCUT2D eigenvalue weighted by Gasteiger charge is 2.65. The van der Waals surface area contributed by atoms with Gasteiger partial charge in [-0.25, -0.2) is 0 Å². The van der Waals surface area contributed by atoms with Gasteiger partial charge >= 0.3 is 0 Å². The largest absolute Gasteiger partial charge is 0.369 e. The fraction of sp³-hybridized carbons (Fsp3) is 0.782. The van der Waals surface area contributed by atoms with Crippen LogP contribution in [0.2, 0.25) is 0 Å². The topological polar surface area (TPSA) is 164 Å². The minimum Gasteiger partial charge on any atom is -0.369 e. The first-order valence-electron chi connectivity index (χ1n) is 51.4. The van der Waals surface area contributed by atoms with Gasteiger partial charge in [0.1, 0.15) is 23.1 Å². The summed E-state index contributed by atoms with van der Waals surface area (Å²) in [7, 11) is 0. The molecule has 2 amide bonds. The smallest absolute Gasteiger partial charge is 0.224 e. The molecule has 30 atom stereocenters. The number of benzene rings is 2. The third-order valence-electron chi connectivity index (χ3n) is 40.1. The number of amides is 2. The van der Waals surface area contributed by atoms with E-state index >= 15 is 0 Å². The van der Waals surface area contributed by atoms with E-state index in [-0.39, 0.29) is 34.7 Å². The Morgan fingerprint density at radius 1 is 0.419 bits per heavy atom. The Morgan fingerprint density at radius 3 is 1.13 bits per heavy atom. The van der Waals surface area contributed by atoms with Gasteiger partial charge < -0.3 is 29.6 Å². The van der Waals surface area contributed by atoms with Crippen LogP contribution in [-0.4, -0.2) is 155 Å². The van der Waals surface area contributed by atoms with Crippen molar-refractivity contribution in [1.82, 2.24) is 25.3 Å². The van der Waals surface area contributed by atoms with Crippen LogP contribution in [0.3, 0.4) is 0 Å². The number of Topliss-reactive ketones (excluding diaryl/α,β-unsaturated/α-hetero) is 4. The lowest BCUT2D eigenvalue weighted by Gasteiger charge is -2.52. The van der Waals surface area contributed by atoms with Crippen LogP contribution in [0.5, 0.6) is 0 Å². The molecule has 0 bridgehead atoms. The molecular formula is C110H161N5O9. The fourth-order valence-corrected chi connectivity index (χ4v) is 33.8. The molecule has 124 heavy (non-hydrogen) atoms.